The normalized spacial score (nSPS) is 14.3. The lowest BCUT2D eigenvalue weighted by atomic mass is 9.94. The number of aliphatic hydroxyl groups is 1. The number of ether oxygens (including phenoxy) is 1. The van der Waals surface area contributed by atoms with Gasteiger partial charge in [0.05, 0.1) is 17.6 Å². The zero-order valence-electron chi connectivity index (χ0n) is 12.5. The minimum atomic E-state index is -0.835. The number of hydrogen-bond donors (Lipinski definition) is 1. The molecular weight excluding hydrogens is 250 g/mol. The maximum Gasteiger partial charge on any atom is 0.155 e. The Morgan fingerprint density at radius 3 is 2.35 bits per heavy atom. The summed E-state index contributed by atoms with van der Waals surface area (Å²) in [7, 11) is 0. The fraction of sp³-hybridized carbons (Fsp3) is 0.471. The molecule has 0 aliphatic rings. The first-order valence-electron chi connectivity index (χ1n) is 6.83. The van der Waals surface area contributed by atoms with Crippen LogP contribution in [0, 0.1) is 11.3 Å². The molecule has 2 atom stereocenters. The quantitative estimate of drug-likeness (QED) is 0.801. The molecular formula is C17H23NO2. The summed E-state index contributed by atoms with van der Waals surface area (Å²) in [6.07, 6.45) is 1.95. The molecule has 0 radical (unpaired) electrons. The zero-order chi connectivity index (χ0) is 15.2. The second kappa shape index (κ2) is 7.23. The lowest BCUT2D eigenvalue weighted by Crippen LogP contribution is -2.27. The van der Waals surface area contributed by atoms with Gasteiger partial charge in [0.1, 0.15) is 0 Å². The van der Waals surface area contributed by atoms with E-state index in [9.17, 15) is 10.4 Å². The molecule has 1 N–H and O–H groups in total. The Hall–Kier alpha value is -1.63. The van der Waals surface area contributed by atoms with E-state index in [1.165, 1.54) is 0 Å². The lowest BCUT2D eigenvalue weighted by Gasteiger charge is -2.24. The highest BCUT2D eigenvalue weighted by molar-refractivity contribution is 5.47. The first-order chi connectivity index (χ1) is 9.35. The first-order valence-corrected chi connectivity index (χ1v) is 6.83. The van der Waals surface area contributed by atoms with E-state index >= 15 is 0 Å². The van der Waals surface area contributed by atoms with E-state index in [1.54, 1.807) is 6.08 Å². The number of nitrogens with zero attached hydrogens (tertiary/aromatic N) is 1. The SMILES string of the molecule is C=Cc1ccc(C(C#N)CCC(O)OC(C)(C)C)cc1. The molecule has 1 aromatic rings. The molecule has 0 saturated carbocycles. The van der Waals surface area contributed by atoms with E-state index < -0.39 is 6.29 Å². The molecule has 0 aliphatic carbocycles. The third-order valence-corrected chi connectivity index (χ3v) is 2.92. The van der Waals surface area contributed by atoms with Gasteiger partial charge in [-0.2, -0.15) is 5.26 Å². The minimum absolute atomic E-state index is 0.230. The summed E-state index contributed by atoms with van der Waals surface area (Å²) in [5.41, 5.74) is 1.61. The Kier molecular flexibility index (Phi) is 5.94. The predicted molar refractivity (Wildman–Crippen MR) is 81.0 cm³/mol. The van der Waals surface area contributed by atoms with E-state index in [0.29, 0.717) is 12.8 Å². The van der Waals surface area contributed by atoms with E-state index in [0.717, 1.165) is 11.1 Å². The van der Waals surface area contributed by atoms with Crippen molar-refractivity contribution in [1.82, 2.24) is 0 Å². The van der Waals surface area contributed by atoms with Gasteiger partial charge in [-0.1, -0.05) is 36.9 Å². The summed E-state index contributed by atoms with van der Waals surface area (Å²) in [6, 6.07) is 10.0. The molecule has 0 bridgehead atoms. The van der Waals surface area contributed by atoms with Crippen LogP contribution in [0.15, 0.2) is 30.8 Å². The van der Waals surface area contributed by atoms with Crippen molar-refractivity contribution in [1.29, 1.82) is 5.26 Å². The van der Waals surface area contributed by atoms with E-state index in [4.69, 9.17) is 4.74 Å². The van der Waals surface area contributed by atoms with Crippen molar-refractivity contribution < 1.29 is 9.84 Å². The second-order valence-electron chi connectivity index (χ2n) is 5.81. The van der Waals surface area contributed by atoms with Crippen LogP contribution >= 0.6 is 0 Å². The summed E-state index contributed by atoms with van der Waals surface area (Å²) in [4.78, 5) is 0. The van der Waals surface area contributed by atoms with Gasteiger partial charge in [-0.05, 0) is 44.7 Å². The van der Waals surface area contributed by atoms with E-state index in [-0.39, 0.29) is 11.5 Å². The van der Waals surface area contributed by atoms with Crippen molar-refractivity contribution in [2.75, 3.05) is 0 Å². The topological polar surface area (TPSA) is 53.2 Å². The van der Waals surface area contributed by atoms with Crippen LogP contribution in [0.25, 0.3) is 6.08 Å². The second-order valence-corrected chi connectivity index (χ2v) is 5.81. The van der Waals surface area contributed by atoms with Crippen molar-refractivity contribution in [3.8, 4) is 6.07 Å². The van der Waals surface area contributed by atoms with Crippen LogP contribution in [0.1, 0.15) is 50.7 Å². The average molecular weight is 273 g/mol. The van der Waals surface area contributed by atoms with Crippen molar-refractivity contribution in [2.45, 2.75) is 51.4 Å². The van der Waals surface area contributed by atoms with Crippen LogP contribution in [0.3, 0.4) is 0 Å². The monoisotopic (exact) mass is 273 g/mol. The van der Waals surface area contributed by atoms with Crippen molar-refractivity contribution >= 4 is 6.08 Å². The molecule has 0 spiro atoms. The highest BCUT2D eigenvalue weighted by Gasteiger charge is 2.19. The van der Waals surface area contributed by atoms with Crippen LogP contribution in [-0.4, -0.2) is 17.0 Å². The molecule has 0 fully saturated rings. The van der Waals surface area contributed by atoms with Crippen LogP contribution < -0.4 is 0 Å². The molecule has 20 heavy (non-hydrogen) atoms. The van der Waals surface area contributed by atoms with Gasteiger partial charge >= 0.3 is 0 Å². The van der Waals surface area contributed by atoms with Gasteiger partial charge in [-0.15, -0.1) is 0 Å². The Morgan fingerprint density at radius 1 is 1.30 bits per heavy atom. The number of aliphatic hydroxyl groups excluding tert-OH is 1. The van der Waals surface area contributed by atoms with Crippen LogP contribution in [0.4, 0.5) is 0 Å². The van der Waals surface area contributed by atoms with Crippen LogP contribution in [-0.2, 0) is 4.74 Å². The fourth-order valence-electron chi connectivity index (χ4n) is 1.95. The van der Waals surface area contributed by atoms with Gasteiger partial charge in [-0.3, -0.25) is 0 Å². The molecule has 108 valence electrons. The molecule has 2 unspecified atom stereocenters. The van der Waals surface area contributed by atoms with Crippen LogP contribution in [0.2, 0.25) is 0 Å². The third-order valence-electron chi connectivity index (χ3n) is 2.92. The maximum atomic E-state index is 9.81. The van der Waals surface area contributed by atoms with E-state index in [2.05, 4.69) is 12.6 Å². The van der Waals surface area contributed by atoms with Gasteiger partial charge in [0.25, 0.3) is 0 Å². The molecule has 1 aromatic carbocycles. The lowest BCUT2D eigenvalue weighted by molar-refractivity contribution is -0.168. The number of nitriles is 1. The standard InChI is InChI=1S/C17H23NO2/c1-5-13-6-8-14(9-7-13)15(12-18)10-11-16(19)20-17(2,3)4/h5-9,15-16,19H,1,10-11H2,2-4H3. The maximum absolute atomic E-state index is 9.81. The van der Waals surface area contributed by atoms with Crippen LogP contribution in [0.5, 0.6) is 0 Å². The summed E-state index contributed by atoms with van der Waals surface area (Å²) >= 11 is 0. The number of hydrogen-bond acceptors (Lipinski definition) is 3. The summed E-state index contributed by atoms with van der Waals surface area (Å²) in [5.74, 6) is -0.230. The molecule has 3 heteroatoms. The van der Waals surface area contributed by atoms with Crippen molar-refractivity contribution in [3.63, 3.8) is 0 Å². The Labute approximate surface area is 121 Å². The number of rotatable bonds is 6. The average Bonchev–Trinajstić information content (AvgIpc) is 2.38. The van der Waals surface area contributed by atoms with Gasteiger partial charge in [0.2, 0.25) is 0 Å². The Balaban J connectivity index is 2.59. The molecule has 3 nitrogen and oxygen atoms in total. The fourth-order valence-corrected chi connectivity index (χ4v) is 1.95. The third kappa shape index (κ3) is 5.56. The van der Waals surface area contributed by atoms with Gasteiger partial charge in [0, 0.05) is 0 Å². The predicted octanol–water partition coefficient (Wildman–Crippen LogP) is 3.85. The summed E-state index contributed by atoms with van der Waals surface area (Å²) in [5, 5.41) is 19.1. The van der Waals surface area contributed by atoms with Gasteiger partial charge in [0.15, 0.2) is 6.29 Å². The smallest absolute Gasteiger partial charge is 0.155 e. The van der Waals surface area contributed by atoms with E-state index in [1.807, 2.05) is 45.0 Å². The van der Waals surface area contributed by atoms with Gasteiger partial charge in [-0.25, -0.2) is 0 Å². The van der Waals surface area contributed by atoms with Crippen molar-refractivity contribution in [2.24, 2.45) is 0 Å². The number of benzene rings is 1. The molecule has 0 amide bonds. The van der Waals surface area contributed by atoms with Crippen molar-refractivity contribution in [3.05, 3.63) is 42.0 Å². The summed E-state index contributed by atoms with van der Waals surface area (Å²) in [6.45, 7) is 9.39. The largest absolute Gasteiger partial charge is 0.368 e. The first kappa shape index (κ1) is 16.4. The molecule has 1 rings (SSSR count). The molecule has 0 heterocycles. The molecule has 0 aromatic heterocycles. The summed E-state index contributed by atoms with van der Waals surface area (Å²) < 4.78 is 5.44. The minimum Gasteiger partial charge on any atom is -0.368 e. The highest BCUT2D eigenvalue weighted by atomic mass is 16.6. The Bertz CT molecular complexity index is 465. The Morgan fingerprint density at radius 2 is 1.90 bits per heavy atom. The highest BCUT2D eigenvalue weighted by Crippen LogP contribution is 2.23. The van der Waals surface area contributed by atoms with Gasteiger partial charge < -0.3 is 9.84 Å². The molecule has 0 aliphatic heterocycles. The zero-order valence-corrected chi connectivity index (χ0v) is 12.5. The molecule has 0 saturated heterocycles.